The molecule has 2 N–H and O–H groups in total. The van der Waals surface area contributed by atoms with Gasteiger partial charge in [-0.1, -0.05) is 6.42 Å². The van der Waals surface area contributed by atoms with Crippen LogP contribution in [0.4, 0.5) is 4.39 Å². The van der Waals surface area contributed by atoms with E-state index in [1.54, 1.807) is 0 Å². The number of hydrogen-bond acceptors (Lipinski definition) is 3. The van der Waals surface area contributed by atoms with Crippen molar-refractivity contribution < 1.29 is 13.9 Å². The van der Waals surface area contributed by atoms with Crippen LogP contribution in [0.1, 0.15) is 36.5 Å². The van der Waals surface area contributed by atoms with Gasteiger partial charge < -0.3 is 15.4 Å². The minimum atomic E-state index is -0.467. The molecule has 1 heterocycles. The first kappa shape index (κ1) is 14.8. The first-order chi connectivity index (χ1) is 9.61. The molecule has 1 amide bonds. The van der Waals surface area contributed by atoms with Crippen LogP contribution in [0.5, 0.6) is 5.75 Å². The molecule has 0 bridgehead atoms. The van der Waals surface area contributed by atoms with Crippen molar-refractivity contribution in [2.45, 2.75) is 38.3 Å². The minimum Gasteiger partial charge on any atom is -0.494 e. The van der Waals surface area contributed by atoms with Gasteiger partial charge in [0.25, 0.3) is 5.91 Å². The highest BCUT2D eigenvalue weighted by Crippen LogP contribution is 2.18. The summed E-state index contributed by atoms with van der Waals surface area (Å²) in [5.41, 5.74) is 0.408. The van der Waals surface area contributed by atoms with E-state index in [2.05, 4.69) is 10.6 Å². The molecule has 0 aromatic heterocycles. The van der Waals surface area contributed by atoms with Crippen molar-refractivity contribution in [2.24, 2.45) is 0 Å². The second kappa shape index (κ2) is 6.70. The molecule has 20 heavy (non-hydrogen) atoms. The van der Waals surface area contributed by atoms with Gasteiger partial charge in [0, 0.05) is 17.6 Å². The fourth-order valence-corrected chi connectivity index (χ4v) is 2.50. The van der Waals surface area contributed by atoms with Gasteiger partial charge in [-0.2, -0.15) is 0 Å². The van der Waals surface area contributed by atoms with Crippen molar-refractivity contribution in [3.8, 4) is 5.75 Å². The lowest BCUT2D eigenvalue weighted by Crippen LogP contribution is -2.50. The maximum Gasteiger partial charge on any atom is 0.251 e. The summed E-state index contributed by atoms with van der Waals surface area (Å²) in [6.07, 6.45) is 3.43. The molecule has 0 aliphatic carbocycles. The fraction of sp³-hybridized carbons (Fsp3) is 0.533. The summed E-state index contributed by atoms with van der Waals surface area (Å²) in [5.74, 6) is -0.588. The van der Waals surface area contributed by atoms with Crippen molar-refractivity contribution in [1.29, 1.82) is 0 Å². The second-order valence-corrected chi connectivity index (χ2v) is 5.17. The summed E-state index contributed by atoms with van der Waals surface area (Å²) in [6, 6.07) is 4.48. The van der Waals surface area contributed by atoms with Gasteiger partial charge in [0.2, 0.25) is 0 Å². The van der Waals surface area contributed by atoms with Gasteiger partial charge in [0.05, 0.1) is 7.11 Å². The number of hydrogen-bond donors (Lipinski definition) is 2. The number of piperidine rings is 1. The van der Waals surface area contributed by atoms with E-state index in [0.717, 1.165) is 13.0 Å². The molecular weight excluding hydrogens is 259 g/mol. The van der Waals surface area contributed by atoms with Gasteiger partial charge in [-0.25, -0.2) is 4.39 Å². The molecule has 4 nitrogen and oxygen atoms in total. The average Bonchev–Trinajstić information content (AvgIpc) is 2.48. The van der Waals surface area contributed by atoms with Crippen LogP contribution in [0.15, 0.2) is 18.2 Å². The molecule has 1 fully saturated rings. The van der Waals surface area contributed by atoms with Crippen molar-refractivity contribution in [2.75, 3.05) is 13.7 Å². The van der Waals surface area contributed by atoms with E-state index in [1.807, 2.05) is 6.92 Å². The summed E-state index contributed by atoms with van der Waals surface area (Å²) >= 11 is 0. The lowest BCUT2D eigenvalue weighted by molar-refractivity contribution is 0.0927. The normalized spacial score (nSPS) is 20.2. The van der Waals surface area contributed by atoms with Crippen molar-refractivity contribution in [3.05, 3.63) is 29.6 Å². The molecular formula is C15H21FN2O2. The number of rotatable bonds is 4. The Labute approximate surface area is 118 Å². The maximum atomic E-state index is 13.3. The molecule has 2 atom stereocenters. The fourth-order valence-electron chi connectivity index (χ4n) is 2.50. The number of methoxy groups -OCH3 is 1. The maximum absolute atomic E-state index is 13.3. The Morgan fingerprint density at radius 2 is 2.30 bits per heavy atom. The molecule has 2 rings (SSSR count). The first-order valence-electron chi connectivity index (χ1n) is 6.99. The van der Waals surface area contributed by atoms with Crippen molar-refractivity contribution in [1.82, 2.24) is 10.6 Å². The monoisotopic (exact) mass is 280 g/mol. The Morgan fingerprint density at radius 1 is 1.50 bits per heavy atom. The van der Waals surface area contributed by atoms with Crippen molar-refractivity contribution >= 4 is 5.91 Å². The molecule has 1 aromatic rings. The van der Waals surface area contributed by atoms with Gasteiger partial charge >= 0.3 is 0 Å². The van der Waals surface area contributed by atoms with Crippen LogP contribution in [0.25, 0.3) is 0 Å². The summed E-state index contributed by atoms with van der Waals surface area (Å²) in [4.78, 5) is 12.2. The highest BCUT2D eigenvalue weighted by molar-refractivity contribution is 5.94. The summed E-state index contributed by atoms with van der Waals surface area (Å²) in [7, 11) is 1.38. The Hall–Kier alpha value is -1.62. The molecule has 1 aromatic carbocycles. The number of carbonyl (C=O) groups is 1. The van der Waals surface area contributed by atoms with Crippen LogP contribution in [0.3, 0.4) is 0 Å². The third-order valence-corrected chi connectivity index (χ3v) is 3.72. The van der Waals surface area contributed by atoms with E-state index >= 15 is 0 Å². The van der Waals surface area contributed by atoms with Crippen LogP contribution in [0.2, 0.25) is 0 Å². The largest absolute Gasteiger partial charge is 0.494 e. The Kier molecular flexibility index (Phi) is 4.95. The SMILES string of the molecule is COc1cc(C(=O)NC(C)C2CCCCN2)ccc1F. The lowest BCUT2D eigenvalue weighted by Gasteiger charge is -2.29. The zero-order valence-electron chi connectivity index (χ0n) is 11.9. The van der Waals surface area contributed by atoms with Gasteiger partial charge in [-0.15, -0.1) is 0 Å². The number of benzene rings is 1. The van der Waals surface area contributed by atoms with Gasteiger partial charge in [0.15, 0.2) is 11.6 Å². The van der Waals surface area contributed by atoms with E-state index in [-0.39, 0.29) is 17.7 Å². The smallest absolute Gasteiger partial charge is 0.251 e. The molecule has 1 saturated heterocycles. The molecule has 1 aliphatic heterocycles. The third kappa shape index (κ3) is 3.48. The highest BCUT2D eigenvalue weighted by atomic mass is 19.1. The summed E-state index contributed by atoms with van der Waals surface area (Å²) in [5, 5.41) is 6.37. The number of halogens is 1. The second-order valence-electron chi connectivity index (χ2n) is 5.17. The third-order valence-electron chi connectivity index (χ3n) is 3.72. The van der Waals surface area contributed by atoms with E-state index in [0.29, 0.717) is 11.6 Å². The van der Waals surface area contributed by atoms with Crippen LogP contribution in [-0.4, -0.2) is 31.6 Å². The number of ether oxygens (including phenoxy) is 1. The predicted octanol–water partition coefficient (Wildman–Crippen LogP) is 2.09. The first-order valence-corrected chi connectivity index (χ1v) is 6.99. The lowest BCUT2D eigenvalue weighted by atomic mass is 9.99. The zero-order valence-corrected chi connectivity index (χ0v) is 11.9. The number of nitrogens with one attached hydrogen (secondary N) is 2. The molecule has 0 saturated carbocycles. The molecule has 2 unspecified atom stereocenters. The van der Waals surface area contributed by atoms with Crippen LogP contribution in [0, 0.1) is 5.82 Å². The number of carbonyl (C=O) groups excluding carboxylic acids is 1. The van der Waals surface area contributed by atoms with E-state index in [1.165, 1.54) is 38.2 Å². The quantitative estimate of drug-likeness (QED) is 0.888. The Morgan fingerprint density at radius 3 is 2.95 bits per heavy atom. The standard InChI is InChI=1S/C15H21FN2O2/c1-10(13-5-3-4-8-17-13)18-15(19)11-6-7-12(16)14(9-11)20-2/h6-7,9-10,13,17H,3-5,8H2,1-2H3,(H,18,19). The molecule has 1 aliphatic rings. The topological polar surface area (TPSA) is 50.4 Å². The van der Waals surface area contributed by atoms with Crippen LogP contribution < -0.4 is 15.4 Å². The van der Waals surface area contributed by atoms with Gasteiger partial charge in [-0.3, -0.25) is 4.79 Å². The molecule has 5 heteroatoms. The van der Waals surface area contributed by atoms with E-state index in [4.69, 9.17) is 4.74 Å². The predicted molar refractivity (Wildman–Crippen MR) is 75.5 cm³/mol. The Bertz CT molecular complexity index is 473. The zero-order chi connectivity index (χ0) is 14.5. The summed E-state index contributed by atoms with van der Waals surface area (Å²) < 4.78 is 18.2. The van der Waals surface area contributed by atoms with Gasteiger partial charge in [-0.05, 0) is 44.5 Å². The van der Waals surface area contributed by atoms with E-state index in [9.17, 15) is 9.18 Å². The van der Waals surface area contributed by atoms with E-state index < -0.39 is 5.82 Å². The van der Waals surface area contributed by atoms with Crippen molar-refractivity contribution in [3.63, 3.8) is 0 Å². The van der Waals surface area contributed by atoms with Crippen LogP contribution in [-0.2, 0) is 0 Å². The Balaban J connectivity index is 2.00. The summed E-state index contributed by atoms with van der Waals surface area (Å²) in [6.45, 7) is 2.98. The van der Waals surface area contributed by atoms with Gasteiger partial charge in [0.1, 0.15) is 0 Å². The average molecular weight is 280 g/mol. The molecule has 110 valence electrons. The minimum absolute atomic E-state index is 0.0406. The van der Waals surface area contributed by atoms with Crippen LogP contribution >= 0.6 is 0 Å². The highest BCUT2D eigenvalue weighted by Gasteiger charge is 2.21. The molecule has 0 spiro atoms. The molecule has 0 radical (unpaired) electrons. The number of amides is 1.